The molecule has 0 saturated heterocycles. The molecule has 0 radical (unpaired) electrons. The number of nitrogens with one attached hydrogen (secondary N) is 2. The van der Waals surface area contributed by atoms with Crippen molar-refractivity contribution in [1.29, 1.82) is 0 Å². The van der Waals surface area contributed by atoms with E-state index < -0.39 is 5.97 Å². The summed E-state index contributed by atoms with van der Waals surface area (Å²) in [6.45, 7) is 6.61. The second kappa shape index (κ2) is 11.6. The number of unbranched alkanes of at least 4 members (excludes halogenated alkanes) is 1. The first-order valence-electron chi connectivity index (χ1n) is 7.79. The van der Waals surface area contributed by atoms with Crippen molar-refractivity contribution in [3.63, 3.8) is 0 Å². The largest absolute Gasteiger partial charge is 0.481 e. The summed E-state index contributed by atoms with van der Waals surface area (Å²) in [5.74, 6) is -0.815. The Morgan fingerprint density at radius 3 is 2.30 bits per heavy atom. The van der Waals surface area contributed by atoms with Crippen LogP contribution in [0.4, 0.5) is 4.79 Å². The lowest BCUT2D eigenvalue weighted by molar-refractivity contribution is -0.138. The number of carbonyl (C=O) groups is 2. The average Bonchev–Trinajstić information content (AvgIpc) is 2.40. The van der Waals surface area contributed by atoms with E-state index in [1.807, 2.05) is 6.92 Å². The number of aliphatic carboxylic acids is 1. The third-order valence-corrected chi connectivity index (χ3v) is 3.47. The maximum absolute atomic E-state index is 11.8. The monoisotopic (exact) mass is 286 g/mol. The number of carboxylic acids is 1. The van der Waals surface area contributed by atoms with Crippen LogP contribution in [0.5, 0.6) is 0 Å². The van der Waals surface area contributed by atoms with Gasteiger partial charge in [-0.1, -0.05) is 46.5 Å². The first-order chi connectivity index (χ1) is 9.53. The van der Waals surface area contributed by atoms with Gasteiger partial charge in [0.05, 0.1) is 0 Å². The van der Waals surface area contributed by atoms with E-state index in [1.54, 1.807) is 0 Å². The topological polar surface area (TPSA) is 78.4 Å². The minimum absolute atomic E-state index is 0.00137. The molecule has 2 atom stereocenters. The van der Waals surface area contributed by atoms with Crippen molar-refractivity contribution in [3.8, 4) is 0 Å². The van der Waals surface area contributed by atoms with Crippen LogP contribution >= 0.6 is 0 Å². The summed E-state index contributed by atoms with van der Waals surface area (Å²) >= 11 is 0. The molecule has 0 aliphatic heterocycles. The van der Waals surface area contributed by atoms with Gasteiger partial charge in [-0.15, -0.1) is 0 Å². The molecule has 2 amide bonds. The first-order valence-corrected chi connectivity index (χ1v) is 7.79. The lowest BCUT2D eigenvalue weighted by atomic mass is 10.0. The van der Waals surface area contributed by atoms with Crippen molar-refractivity contribution < 1.29 is 14.7 Å². The highest BCUT2D eigenvalue weighted by molar-refractivity contribution is 5.74. The molecule has 0 spiro atoms. The predicted molar refractivity (Wildman–Crippen MR) is 80.8 cm³/mol. The third kappa shape index (κ3) is 9.64. The van der Waals surface area contributed by atoms with Gasteiger partial charge < -0.3 is 15.7 Å². The van der Waals surface area contributed by atoms with Crippen molar-refractivity contribution in [2.75, 3.05) is 6.54 Å². The maximum Gasteiger partial charge on any atom is 0.315 e. The van der Waals surface area contributed by atoms with Crippen LogP contribution in [-0.2, 0) is 4.79 Å². The molecular weight excluding hydrogens is 256 g/mol. The third-order valence-electron chi connectivity index (χ3n) is 3.47. The van der Waals surface area contributed by atoms with Crippen molar-refractivity contribution >= 4 is 12.0 Å². The Labute approximate surface area is 122 Å². The quantitative estimate of drug-likeness (QED) is 0.546. The molecule has 0 aliphatic rings. The second-order valence-electron chi connectivity index (χ2n) is 5.35. The van der Waals surface area contributed by atoms with Crippen LogP contribution in [0.15, 0.2) is 0 Å². The number of carbonyl (C=O) groups excluding carboxylic acids is 1. The molecule has 0 aromatic rings. The molecule has 0 rings (SSSR count). The number of carboxylic acid groups (broad SMARTS) is 1. The zero-order chi connectivity index (χ0) is 15.4. The first kappa shape index (κ1) is 18.7. The van der Waals surface area contributed by atoms with Crippen molar-refractivity contribution in [1.82, 2.24) is 10.6 Å². The summed E-state index contributed by atoms with van der Waals surface area (Å²) in [5.41, 5.74) is 0. The fraction of sp³-hybridized carbons (Fsp3) is 0.867. The molecule has 0 saturated carbocycles. The van der Waals surface area contributed by atoms with Crippen LogP contribution in [0, 0.1) is 5.92 Å². The minimum atomic E-state index is -0.814. The van der Waals surface area contributed by atoms with E-state index >= 15 is 0 Å². The molecule has 0 aliphatic carbocycles. The van der Waals surface area contributed by atoms with Gasteiger partial charge in [-0.2, -0.15) is 0 Å². The smallest absolute Gasteiger partial charge is 0.315 e. The van der Waals surface area contributed by atoms with Crippen molar-refractivity contribution in [2.24, 2.45) is 5.92 Å². The summed E-state index contributed by atoms with van der Waals surface area (Å²) in [6.07, 6.45) is 6.13. The standard InChI is InChI=1S/C15H30N2O3/c1-4-7-9-13(8-5-2)17-15(20)16-11-12(6-3)10-14(18)19/h12-13H,4-11H2,1-3H3,(H,18,19)(H2,16,17,20). The Morgan fingerprint density at radius 2 is 1.80 bits per heavy atom. The number of amides is 2. The highest BCUT2D eigenvalue weighted by Gasteiger charge is 2.14. The van der Waals surface area contributed by atoms with Crippen LogP contribution in [0.1, 0.15) is 65.7 Å². The number of hydrogen-bond acceptors (Lipinski definition) is 2. The van der Waals surface area contributed by atoms with Gasteiger partial charge in [0.2, 0.25) is 0 Å². The number of hydrogen-bond donors (Lipinski definition) is 3. The molecule has 5 heteroatoms. The van der Waals surface area contributed by atoms with Crippen LogP contribution < -0.4 is 10.6 Å². The van der Waals surface area contributed by atoms with E-state index in [1.165, 1.54) is 0 Å². The molecule has 0 fully saturated rings. The van der Waals surface area contributed by atoms with E-state index in [9.17, 15) is 9.59 Å². The van der Waals surface area contributed by atoms with Gasteiger partial charge in [0, 0.05) is 19.0 Å². The Hall–Kier alpha value is -1.26. The summed E-state index contributed by atoms with van der Waals surface area (Å²) in [6, 6.07) is 0.0443. The highest BCUT2D eigenvalue weighted by atomic mass is 16.4. The number of urea groups is 1. The molecule has 3 N–H and O–H groups in total. The Morgan fingerprint density at radius 1 is 1.10 bits per heavy atom. The van der Waals surface area contributed by atoms with Crippen LogP contribution in [0.3, 0.4) is 0 Å². The van der Waals surface area contributed by atoms with Gasteiger partial charge in [0.25, 0.3) is 0 Å². The van der Waals surface area contributed by atoms with Crippen LogP contribution in [0.25, 0.3) is 0 Å². The molecule has 2 unspecified atom stereocenters. The molecule has 0 heterocycles. The average molecular weight is 286 g/mol. The molecule has 0 aromatic carbocycles. The molecule has 118 valence electrons. The van der Waals surface area contributed by atoms with E-state index in [0.717, 1.165) is 38.5 Å². The van der Waals surface area contributed by atoms with E-state index in [4.69, 9.17) is 5.11 Å². The SMILES string of the molecule is CCCCC(CCC)NC(=O)NCC(CC)CC(=O)O. The van der Waals surface area contributed by atoms with E-state index in [-0.39, 0.29) is 24.4 Å². The second-order valence-corrected chi connectivity index (χ2v) is 5.35. The summed E-state index contributed by atoms with van der Waals surface area (Å²) < 4.78 is 0. The van der Waals surface area contributed by atoms with Gasteiger partial charge in [-0.05, 0) is 18.8 Å². The number of rotatable bonds is 11. The van der Waals surface area contributed by atoms with Crippen molar-refractivity contribution in [3.05, 3.63) is 0 Å². The molecule has 5 nitrogen and oxygen atoms in total. The Balaban J connectivity index is 4.07. The fourth-order valence-electron chi connectivity index (χ4n) is 2.17. The normalized spacial score (nSPS) is 13.6. The molecule has 0 bridgehead atoms. The van der Waals surface area contributed by atoms with Gasteiger partial charge in [0.1, 0.15) is 0 Å². The zero-order valence-electron chi connectivity index (χ0n) is 13.1. The maximum atomic E-state index is 11.8. The van der Waals surface area contributed by atoms with E-state index in [2.05, 4.69) is 24.5 Å². The molecule has 0 aromatic heterocycles. The minimum Gasteiger partial charge on any atom is -0.481 e. The highest BCUT2D eigenvalue weighted by Crippen LogP contribution is 2.08. The lowest BCUT2D eigenvalue weighted by Crippen LogP contribution is -2.43. The Kier molecular flexibility index (Phi) is 10.8. The van der Waals surface area contributed by atoms with E-state index in [0.29, 0.717) is 6.54 Å². The fourth-order valence-corrected chi connectivity index (χ4v) is 2.17. The summed E-state index contributed by atoms with van der Waals surface area (Å²) in [5, 5.41) is 14.5. The molecular formula is C15H30N2O3. The van der Waals surface area contributed by atoms with Crippen molar-refractivity contribution in [2.45, 2.75) is 71.8 Å². The van der Waals surface area contributed by atoms with Gasteiger partial charge in [-0.3, -0.25) is 4.79 Å². The Bertz CT molecular complexity index is 282. The van der Waals surface area contributed by atoms with Gasteiger partial charge >= 0.3 is 12.0 Å². The lowest BCUT2D eigenvalue weighted by Gasteiger charge is -2.20. The van der Waals surface area contributed by atoms with Gasteiger partial charge in [-0.25, -0.2) is 4.79 Å². The predicted octanol–water partition coefficient (Wildman–Crippen LogP) is 3.15. The summed E-state index contributed by atoms with van der Waals surface area (Å²) in [7, 11) is 0. The van der Waals surface area contributed by atoms with Crippen LogP contribution in [0.2, 0.25) is 0 Å². The summed E-state index contributed by atoms with van der Waals surface area (Å²) in [4.78, 5) is 22.5. The van der Waals surface area contributed by atoms with Gasteiger partial charge in [0.15, 0.2) is 0 Å². The zero-order valence-corrected chi connectivity index (χ0v) is 13.1. The molecule has 20 heavy (non-hydrogen) atoms. The van der Waals surface area contributed by atoms with Crippen LogP contribution in [-0.4, -0.2) is 29.7 Å².